The predicted molar refractivity (Wildman–Crippen MR) is 156 cm³/mol. The average molecular weight is 501 g/mol. The molecule has 2 heterocycles. The number of hydrogen-bond donors (Lipinski definition) is 0. The molecule has 0 bridgehead atoms. The lowest BCUT2D eigenvalue weighted by molar-refractivity contribution is 0.399. The molecule has 8 rings (SSSR count). The van der Waals surface area contributed by atoms with Gasteiger partial charge in [0, 0.05) is 22.3 Å². The minimum Gasteiger partial charge on any atom is -0.457 e. The predicted octanol–water partition coefficient (Wildman–Crippen LogP) is 9.61. The molecule has 2 heteroatoms. The number of fused-ring (bicyclic) bond motifs is 8. The van der Waals surface area contributed by atoms with E-state index in [1.54, 1.807) is 0 Å². The van der Waals surface area contributed by atoms with E-state index in [1.807, 2.05) is 24.3 Å². The third kappa shape index (κ3) is 3.22. The van der Waals surface area contributed by atoms with Crippen LogP contribution in [0.15, 0.2) is 146 Å². The highest BCUT2D eigenvalue weighted by atomic mass is 16.5. The van der Waals surface area contributed by atoms with Crippen molar-refractivity contribution in [3.63, 3.8) is 0 Å². The first-order valence-electron chi connectivity index (χ1n) is 13.3. The van der Waals surface area contributed by atoms with E-state index in [0.29, 0.717) is 0 Å². The summed E-state index contributed by atoms with van der Waals surface area (Å²) in [4.78, 5) is 0. The largest absolute Gasteiger partial charge is 0.457 e. The second-order valence-electron chi connectivity index (χ2n) is 10.1. The van der Waals surface area contributed by atoms with Gasteiger partial charge in [-0.1, -0.05) is 121 Å². The standard InChI is InChI=1S/C37H24O2/c1-3-11-25(12-4-1)27-19-21-31-35(23-27)38-33-17-9-7-15-29(33)37(31)30-16-8-10-18-34(30)39-36-24-28(20-22-32(36)37)26-13-5-2-6-14-26/h1-24H. The van der Waals surface area contributed by atoms with Crippen LogP contribution in [0.4, 0.5) is 0 Å². The maximum Gasteiger partial charge on any atom is 0.132 e. The third-order valence-corrected chi connectivity index (χ3v) is 8.01. The van der Waals surface area contributed by atoms with Gasteiger partial charge >= 0.3 is 0 Å². The maximum absolute atomic E-state index is 6.65. The molecule has 0 radical (unpaired) electrons. The lowest BCUT2D eigenvalue weighted by Crippen LogP contribution is -2.36. The van der Waals surface area contributed by atoms with Crippen LogP contribution < -0.4 is 9.47 Å². The summed E-state index contributed by atoms with van der Waals surface area (Å²) in [6, 6.07) is 51.0. The zero-order chi connectivity index (χ0) is 25.8. The Labute approximate surface area is 227 Å². The summed E-state index contributed by atoms with van der Waals surface area (Å²) in [5.41, 5.74) is 8.47. The van der Waals surface area contributed by atoms with E-state index in [-0.39, 0.29) is 0 Å². The highest BCUT2D eigenvalue weighted by Gasteiger charge is 2.50. The molecule has 0 amide bonds. The molecule has 184 valence electrons. The van der Waals surface area contributed by atoms with Gasteiger partial charge in [0.05, 0.1) is 5.41 Å². The number of hydrogen-bond acceptors (Lipinski definition) is 2. The Morgan fingerprint density at radius 1 is 0.308 bits per heavy atom. The zero-order valence-electron chi connectivity index (χ0n) is 21.2. The molecule has 0 atom stereocenters. The van der Waals surface area contributed by atoms with Crippen LogP contribution in [0.5, 0.6) is 23.0 Å². The second kappa shape index (κ2) is 8.47. The molecular weight excluding hydrogens is 476 g/mol. The summed E-state index contributed by atoms with van der Waals surface area (Å²) in [5.74, 6) is 3.46. The van der Waals surface area contributed by atoms with Crippen LogP contribution in [-0.2, 0) is 5.41 Å². The van der Waals surface area contributed by atoms with E-state index in [9.17, 15) is 0 Å². The Balaban J connectivity index is 1.44. The fourth-order valence-electron chi connectivity index (χ4n) is 6.29. The van der Waals surface area contributed by atoms with Crippen molar-refractivity contribution in [2.75, 3.05) is 0 Å². The van der Waals surface area contributed by atoms with Crippen LogP contribution in [0.25, 0.3) is 22.3 Å². The van der Waals surface area contributed by atoms with Gasteiger partial charge in [-0.15, -0.1) is 0 Å². The van der Waals surface area contributed by atoms with Crippen molar-refractivity contribution in [2.45, 2.75) is 5.41 Å². The van der Waals surface area contributed by atoms with E-state index in [2.05, 4.69) is 121 Å². The lowest BCUT2D eigenvalue weighted by Gasteiger charge is -2.45. The van der Waals surface area contributed by atoms with Gasteiger partial charge in [-0.2, -0.15) is 0 Å². The molecule has 0 saturated carbocycles. The quantitative estimate of drug-likeness (QED) is 0.235. The number of ether oxygens (including phenoxy) is 2. The summed E-state index contributed by atoms with van der Waals surface area (Å²) in [6.45, 7) is 0. The lowest BCUT2D eigenvalue weighted by atomic mass is 9.62. The molecule has 0 fully saturated rings. The SMILES string of the molecule is c1ccc(-c2ccc3c(c2)Oc2ccccc2C32c3ccccc3Oc3cc(-c4ccccc4)ccc32)cc1. The molecule has 0 N–H and O–H groups in total. The van der Waals surface area contributed by atoms with Gasteiger partial charge in [0.2, 0.25) is 0 Å². The Bertz CT molecular complexity index is 1720. The molecule has 0 aliphatic carbocycles. The summed E-state index contributed by atoms with van der Waals surface area (Å²) in [5, 5.41) is 0. The fourth-order valence-corrected chi connectivity index (χ4v) is 6.29. The van der Waals surface area contributed by atoms with Crippen molar-refractivity contribution in [2.24, 2.45) is 0 Å². The van der Waals surface area contributed by atoms with E-state index in [1.165, 1.54) is 0 Å². The van der Waals surface area contributed by atoms with Gasteiger partial charge < -0.3 is 9.47 Å². The summed E-state index contributed by atoms with van der Waals surface area (Å²) in [6.07, 6.45) is 0. The van der Waals surface area contributed by atoms with E-state index in [4.69, 9.17) is 9.47 Å². The molecule has 0 saturated heterocycles. The van der Waals surface area contributed by atoms with E-state index < -0.39 is 5.41 Å². The monoisotopic (exact) mass is 500 g/mol. The smallest absolute Gasteiger partial charge is 0.132 e. The molecule has 2 nitrogen and oxygen atoms in total. The highest BCUT2D eigenvalue weighted by Crippen LogP contribution is 2.61. The molecule has 0 aromatic heterocycles. The fraction of sp³-hybridized carbons (Fsp3) is 0.0270. The first-order valence-corrected chi connectivity index (χ1v) is 13.3. The van der Waals surface area contributed by atoms with Crippen LogP contribution in [0.3, 0.4) is 0 Å². The van der Waals surface area contributed by atoms with E-state index in [0.717, 1.165) is 67.5 Å². The van der Waals surface area contributed by atoms with Crippen LogP contribution in [0.1, 0.15) is 22.3 Å². The Hall–Kier alpha value is -5.08. The van der Waals surface area contributed by atoms with Gasteiger partial charge in [0.1, 0.15) is 23.0 Å². The highest BCUT2D eigenvalue weighted by molar-refractivity contribution is 5.79. The molecule has 1 spiro atoms. The van der Waals surface area contributed by atoms with E-state index >= 15 is 0 Å². The molecular formula is C37H24O2. The van der Waals surface area contributed by atoms with Gasteiger partial charge in [-0.3, -0.25) is 0 Å². The van der Waals surface area contributed by atoms with Crippen LogP contribution in [-0.4, -0.2) is 0 Å². The molecule has 6 aromatic carbocycles. The van der Waals surface area contributed by atoms with Crippen molar-refractivity contribution >= 4 is 0 Å². The first-order chi connectivity index (χ1) is 19.3. The zero-order valence-corrected chi connectivity index (χ0v) is 21.2. The van der Waals surface area contributed by atoms with Crippen molar-refractivity contribution in [1.82, 2.24) is 0 Å². The molecule has 2 aliphatic heterocycles. The molecule has 2 aliphatic rings. The van der Waals surface area contributed by atoms with Crippen molar-refractivity contribution in [3.05, 3.63) is 168 Å². The summed E-state index contributed by atoms with van der Waals surface area (Å²) >= 11 is 0. The minimum absolute atomic E-state index is 0.585. The van der Waals surface area contributed by atoms with Crippen molar-refractivity contribution in [3.8, 4) is 45.3 Å². The molecule has 0 unspecified atom stereocenters. The molecule has 6 aromatic rings. The average Bonchev–Trinajstić information content (AvgIpc) is 3.01. The van der Waals surface area contributed by atoms with Crippen LogP contribution in [0.2, 0.25) is 0 Å². The maximum atomic E-state index is 6.65. The summed E-state index contributed by atoms with van der Waals surface area (Å²) in [7, 11) is 0. The van der Waals surface area contributed by atoms with Crippen molar-refractivity contribution in [1.29, 1.82) is 0 Å². The second-order valence-corrected chi connectivity index (χ2v) is 10.1. The van der Waals surface area contributed by atoms with Crippen molar-refractivity contribution < 1.29 is 9.47 Å². The number of benzene rings is 6. The third-order valence-electron chi connectivity index (χ3n) is 8.01. The van der Waals surface area contributed by atoms with Crippen LogP contribution >= 0.6 is 0 Å². The van der Waals surface area contributed by atoms with Gasteiger partial charge in [-0.25, -0.2) is 0 Å². The normalized spacial score (nSPS) is 13.7. The van der Waals surface area contributed by atoms with Crippen LogP contribution in [0, 0.1) is 0 Å². The summed E-state index contributed by atoms with van der Waals surface area (Å²) < 4.78 is 13.3. The number of para-hydroxylation sites is 2. The van der Waals surface area contributed by atoms with Gasteiger partial charge in [0.15, 0.2) is 0 Å². The van der Waals surface area contributed by atoms with Gasteiger partial charge in [0.25, 0.3) is 0 Å². The number of rotatable bonds is 2. The minimum atomic E-state index is -0.585. The van der Waals surface area contributed by atoms with Gasteiger partial charge in [-0.05, 0) is 46.5 Å². The topological polar surface area (TPSA) is 18.5 Å². The Morgan fingerprint density at radius 2 is 0.692 bits per heavy atom. The Morgan fingerprint density at radius 3 is 1.15 bits per heavy atom. The molecule has 39 heavy (non-hydrogen) atoms. The Kier molecular flexibility index (Phi) is 4.77. The first kappa shape index (κ1) is 22.0.